The first-order valence-corrected chi connectivity index (χ1v) is 8.91. The Hall–Kier alpha value is -2.22. The van der Waals surface area contributed by atoms with E-state index in [4.69, 9.17) is 0 Å². The molecule has 7 heteroatoms. The molecule has 0 fully saturated rings. The summed E-state index contributed by atoms with van der Waals surface area (Å²) in [6.07, 6.45) is 0. The molecule has 25 heavy (non-hydrogen) atoms. The molecule has 0 aliphatic carbocycles. The maximum Gasteiger partial charge on any atom is 0.289 e. The minimum atomic E-state index is -1.30. The van der Waals surface area contributed by atoms with Crippen molar-refractivity contribution in [1.82, 2.24) is 5.06 Å². The number of rotatable bonds is 4. The van der Waals surface area contributed by atoms with Crippen LogP contribution in [0.4, 0.5) is 5.69 Å². The summed E-state index contributed by atoms with van der Waals surface area (Å²) in [4.78, 5) is 0.839. The Morgan fingerprint density at radius 2 is 1.88 bits per heavy atom. The molecule has 0 radical (unpaired) electrons. The number of hydroxylamine groups is 3. The molecule has 1 aliphatic heterocycles. The Labute approximate surface area is 151 Å². The molecule has 0 spiro atoms. The topological polar surface area (TPSA) is 73.9 Å². The molecule has 0 unspecified atom stereocenters. The monoisotopic (exact) mass is 358 g/mol. The van der Waals surface area contributed by atoms with Gasteiger partial charge in [-0.25, -0.2) is 0 Å². The summed E-state index contributed by atoms with van der Waals surface area (Å²) in [5.41, 5.74) is 2.61. The average molecular weight is 358 g/mol. The lowest BCUT2D eigenvalue weighted by atomic mass is 9.97. The van der Waals surface area contributed by atoms with Crippen molar-refractivity contribution in [3.05, 3.63) is 57.9 Å². The molecule has 1 atom stereocenters. The highest BCUT2D eigenvalue weighted by Gasteiger charge is 2.61. The van der Waals surface area contributed by atoms with Crippen molar-refractivity contribution in [2.75, 3.05) is 5.43 Å². The fraction of sp³-hybridized carbons (Fsp3) is 0.333. The summed E-state index contributed by atoms with van der Waals surface area (Å²) < 4.78 is 0.865. The van der Waals surface area contributed by atoms with Crippen molar-refractivity contribution < 1.29 is 9.95 Å². The zero-order valence-electron chi connectivity index (χ0n) is 14.7. The lowest BCUT2D eigenvalue weighted by molar-refractivity contribution is -0.560. The Balaban J connectivity index is 2.01. The quantitative estimate of drug-likeness (QED) is 0.378. The number of hydrogen-bond donors (Lipinski definition) is 2. The number of anilines is 1. The first kappa shape index (κ1) is 17.6. The third-order valence-electron chi connectivity index (χ3n) is 4.69. The van der Waals surface area contributed by atoms with Crippen LogP contribution in [0.3, 0.4) is 0 Å². The minimum Gasteiger partial charge on any atom is -0.622 e. The van der Waals surface area contributed by atoms with Gasteiger partial charge in [-0.05, 0) is 44.4 Å². The second kappa shape index (κ2) is 6.25. The Bertz CT molecular complexity index is 815. The highest BCUT2D eigenvalue weighted by atomic mass is 32.1. The van der Waals surface area contributed by atoms with Crippen molar-refractivity contribution in [2.45, 2.75) is 38.9 Å². The van der Waals surface area contributed by atoms with E-state index in [1.54, 1.807) is 13.8 Å². The number of benzene rings is 1. The van der Waals surface area contributed by atoms with Gasteiger partial charge in [-0.2, -0.15) is 9.84 Å². The molecule has 132 valence electrons. The molecular formula is C18H22N4O2S. The third kappa shape index (κ3) is 2.74. The van der Waals surface area contributed by atoms with E-state index in [1.807, 2.05) is 61.7 Å². The predicted molar refractivity (Wildman–Crippen MR) is 101 cm³/mol. The second-order valence-electron chi connectivity index (χ2n) is 6.69. The molecule has 0 bridgehead atoms. The van der Waals surface area contributed by atoms with Crippen molar-refractivity contribution in [2.24, 2.45) is 5.10 Å². The first-order chi connectivity index (χ1) is 11.8. The van der Waals surface area contributed by atoms with Gasteiger partial charge in [0.25, 0.3) is 5.66 Å². The van der Waals surface area contributed by atoms with Crippen molar-refractivity contribution in [3.63, 3.8) is 0 Å². The highest BCUT2D eigenvalue weighted by molar-refractivity contribution is 7.12. The van der Waals surface area contributed by atoms with Gasteiger partial charge < -0.3 is 10.4 Å². The first-order valence-electron chi connectivity index (χ1n) is 8.03. The van der Waals surface area contributed by atoms with Crippen LogP contribution in [-0.2, 0) is 0 Å². The summed E-state index contributed by atoms with van der Waals surface area (Å²) in [7, 11) is 0. The fourth-order valence-corrected chi connectivity index (χ4v) is 3.98. The number of hydrazone groups is 1. The third-order valence-corrected chi connectivity index (χ3v) is 5.56. The molecule has 0 saturated carbocycles. The minimum absolute atomic E-state index is 0.466. The standard InChI is InChI=1S/C18H22N4O2S/c1-13(19-20-14-9-6-5-7-10-14)18(4)21(23)16(15-11-8-12-25-15)17(2,3)22(18)24/h5-12,20,24H,1-4H3/b19-13-/t18-/m0/s1. The molecule has 1 aromatic carbocycles. The van der Waals surface area contributed by atoms with Crippen LogP contribution in [0, 0.1) is 5.21 Å². The van der Waals surface area contributed by atoms with E-state index in [0.717, 1.165) is 20.4 Å². The van der Waals surface area contributed by atoms with E-state index in [-0.39, 0.29) is 0 Å². The van der Waals surface area contributed by atoms with Crippen LogP contribution in [0.2, 0.25) is 0 Å². The van der Waals surface area contributed by atoms with Crippen molar-refractivity contribution in [1.29, 1.82) is 0 Å². The van der Waals surface area contributed by atoms with Crippen molar-refractivity contribution >= 4 is 28.4 Å². The van der Waals surface area contributed by atoms with Crippen LogP contribution in [0.5, 0.6) is 0 Å². The zero-order valence-corrected chi connectivity index (χ0v) is 15.5. The van der Waals surface area contributed by atoms with E-state index >= 15 is 0 Å². The molecule has 2 aromatic rings. The smallest absolute Gasteiger partial charge is 0.289 e. The second-order valence-corrected chi connectivity index (χ2v) is 7.63. The molecule has 1 aromatic heterocycles. The molecule has 0 saturated heterocycles. The molecule has 6 nitrogen and oxygen atoms in total. The summed E-state index contributed by atoms with van der Waals surface area (Å²) in [5.74, 6) is 0. The van der Waals surface area contributed by atoms with Crippen LogP contribution in [0.25, 0.3) is 0 Å². The largest absolute Gasteiger partial charge is 0.622 e. The number of hydrogen-bond acceptors (Lipinski definition) is 6. The van der Waals surface area contributed by atoms with E-state index < -0.39 is 11.2 Å². The number of nitrogens with zero attached hydrogens (tertiary/aromatic N) is 3. The molecule has 2 heterocycles. The molecule has 2 N–H and O–H groups in total. The van der Waals surface area contributed by atoms with Gasteiger partial charge in [0.15, 0.2) is 0 Å². The number of nitrogens with one attached hydrogen (secondary N) is 1. The maximum atomic E-state index is 13.2. The Morgan fingerprint density at radius 3 is 2.48 bits per heavy atom. The summed E-state index contributed by atoms with van der Waals surface area (Å²) in [6, 6.07) is 13.3. The van der Waals surface area contributed by atoms with Gasteiger partial charge in [0.1, 0.15) is 11.3 Å². The van der Waals surface area contributed by atoms with Crippen molar-refractivity contribution in [3.8, 4) is 0 Å². The molecular weight excluding hydrogens is 336 g/mol. The van der Waals surface area contributed by atoms with Crippen LogP contribution in [0.15, 0.2) is 52.9 Å². The van der Waals surface area contributed by atoms with Crippen LogP contribution in [0.1, 0.15) is 32.6 Å². The lowest BCUT2D eigenvalue weighted by Gasteiger charge is -2.32. The Kier molecular flexibility index (Phi) is 4.40. The van der Waals surface area contributed by atoms with E-state index in [0.29, 0.717) is 11.4 Å². The van der Waals surface area contributed by atoms with E-state index in [9.17, 15) is 10.4 Å². The summed E-state index contributed by atoms with van der Waals surface area (Å²) in [6.45, 7) is 7.07. The van der Waals surface area contributed by atoms with Gasteiger partial charge in [-0.1, -0.05) is 24.3 Å². The lowest BCUT2D eigenvalue weighted by Crippen LogP contribution is -2.57. The average Bonchev–Trinajstić information content (AvgIpc) is 3.16. The van der Waals surface area contributed by atoms with Gasteiger partial charge in [-0.3, -0.25) is 5.43 Å². The summed E-state index contributed by atoms with van der Waals surface area (Å²) in [5, 5.41) is 31.4. The number of para-hydroxylation sites is 1. The fourth-order valence-electron chi connectivity index (χ4n) is 3.08. The maximum absolute atomic E-state index is 13.2. The Morgan fingerprint density at radius 1 is 1.20 bits per heavy atom. The van der Waals surface area contributed by atoms with Gasteiger partial charge in [0.05, 0.1) is 10.6 Å². The SMILES string of the molecule is C/C(=N/Nc1ccccc1)[C@]1(C)N(O)C(C)(C)C(c2cccs2)=[N+]1[O-]. The molecule has 0 amide bonds. The van der Waals surface area contributed by atoms with Gasteiger partial charge in [0.2, 0.25) is 5.71 Å². The van der Waals surface area contributed by atoms with E-state index in [1.165, 1.54) is 11.3 Å². The van der Waals surface area contributed by atoms with Crippen LogP contribution in [-0.4, -0.2) is 37.6 Å². The van der Waals surface area contributed by atoms with Gasteiger partial charge >= 0.3 is 0 Å². The molecule has 3 rings (SSSR count). The van der Waals surface area contributed by atoms with Gasteiger partial charge in [-0.15, -0.1) is 16.4 Å². The highest BCUT2D eigenvalue weighted by Crippen LogP contribution is 2.37. The predicted octanol–water partition coefficient (Wildman–Crippen LogP) is 3.74. The van der Waals surface area contributed by atoms with Crippen LogP contribution < -0.4 is 5.43 Å². The molecule has 1 aliphatic rings. The number of thiophene rings is 1. The van der Waals surface area contributed by atoms with E-state index in [2.05, 4.69) is 10.5 Å². The van der Waals surface area contributed by atoms with Gasteiger partial charge in [0, 0.05) is 6.92 Å². The normalized spacial score (nSPS) is 24.0. The zero-order chi connectivity index (χ0) is 18.2. The summed E-state index contributed by atoms with van der Waals surface area (Å²) >= 11 is 1.48. The van der Waals surface area contributed by atoms with Crippen LogP contribution >= 0.6 is 11.3 Å².